The van der Waals surface area contributed by atoms with Gasteiger partial charge in [0, 0.05) is 27.2 Å². The molecule has 0 atom stereocenters. The summed E-state index contributed by atoms with van der Waals surface area (Å²) in [6.07, 6.45) is 6.52. The maximum absolute atomic E-state index is 5.39. The number of ether oxygens (including phenoxy) is 2. The van der Waals surface area contributed by atoms with Crippen LogP contribution in [-0.2, 0) is 9.47 Å². The molecule has 0 amide bonds. The number of rotatable bonds is 13. The van der Waals surface area contributed by atoms with Gasteiger partial charge in [0.1, 0.15) is 0 Å². The maximum Gasteiger partial charge on any atom is 0.191 e. The van der Waals surface area contributed by atoms with Crippen LogP contribution in [0, 0.1) is 5.92 Å². The van der Waals surface area contributed by atoms with E-state index in [2.05, 4.69) is 29.5 Å². The quantitative estimate of drug-likeness (QED) is 0.205. The van der Waals surface area contributed by atoms with Crippen molar-refractivity contribution in [2.24, 2.45) is 10.9 Å². The Bertz CT molecular complexity index is 252. The molecule has 0 radical (unpaired) electrons. The lowest BCUT2D eigenvalue weighted by Crippen LogP contribution is -2.39. The van der Waals surface area contributed by atoms with Crippen LogP contribution in [0.5, 0.6) is 0 Å². The first kappa shape index (κ1) is 24.2. The minimum Gasteiger partial charge on any atom is -0.382 e. The van der Waals surface area contributed by atoms with E-state index in [0.717, 1.165) is 25.0 Å². The molecule has 0 aliphatic heterocycles. The number of unbranched alkanes of at least 4 members (excludes halogenated alkanes) is 3. The standard InChI is InChI=1S/C16H35N3O2.HI/c1-15(2)9-7-5-6-8-10-18-16(17-3)19-11-12-21-14-13-20-4;/h15H,5-14H2,1-4H3,(H2,17,18,19);1H. The van der Waals surface area contributed by atoms with E-state index in [1.54, 1.807) is 14.2 Å². The molecule has 0 aromatic carbocycles. The van der Waals surface area contributed by atoms with Gasteiger partial charge in [-0.05, 0) is 12.3 Å². The van der Waals surface area contributed by atoms with E-state index in [0.29, 0.717) is 19.8 Å². The van der Waals surface area contributed by atoms with Crippen molar-refractivity contribution in [2.75, 3.05) is 47.1 Å². The van der Waals surface area contributed by atoms with Crippen LogP contribution in [0.2, 0.25) is 0 Å². The van der Waals surface area contributed by atoms with Gasteiger partial charge < -0.3 is 20.1 Å². The fourth-order valence-corrected chi connectivity index (χ4v) is 1.94. The number of hydrogen-bond donors (Lipinski definition) is 2. The third-order valence-corrected chi connectivity index (χ3v) is 3.19. The second-order valence-electron chi connectivity index (χ2n) is 5.63. The lowest BCUT2D eigenvalue weighted by atomic mass is 10.0. The van der Waals surface area contributed by atoms with Crippen LogP contribution in [0.25, 0.3) is 0 Å². The average Bonchev–Trinajstić information content (AvgIpc) is 2.47. The van der Waals surface area contributed by atoms with Gasteiger partial charge in [0.05, 0.1) is 19.8 Å². The minimum absolute atomic E-state index is 0. The second kappa shape index (κ2) is 19.0. The summed E-state index contributed by atoms with van der Waals surface area (Å²) in [6, 6.07) is 0. The molecule has 0 aliphatic carbocycles. The summed E-state index contributed by atoms with van der Waals surface area (Å²) in [5.74, 6) is 1.68. The highest BCUT2D eigenvalue weighted by Gasteiger charge is 1.97. The lowest BCUT2D eigenvalue weighted by Gasteiger charge is -2.12. The molecular weight excluding hydrogens is 393 g/mol. The molecule has 0 aliphatic rings. The summed E-state index contributed by atoms with van der Waals surface area (Å²) in [5, 5.41) is 6.57. The minimum atomic E-state index is 0. The summed E-state index contributed by atoms with van der Waals surface area (Å²) in [6.45, 7) is 8.26. The number of aliphatic imine (C=N–C) groups is 1. The molecule has 0 aromatic rings. The topological polar surface area (TPSA) is 54.9 Å². The summed E-state index contributed by atoms with van der Waals surface area (Å²) >= 11 is 0. The molecule has 134 valence electrons. The molecule has 6 heteroatoms. The van der Waals surface area contributed by atoms with Crippen molar-refractivity contribution < 1.29 is 9.47 Å². The molecule has 0 aromatic heterocycles. The first-order valence-corrected chi connectivity index (χ1v) is 8.22. The van der Waals surface area contributed by atoms with Crippen molar-refractivity contribution in [1.29, 1.82) is 0 Å². The third kappa shape index (κ3) is 18.0. The smallest absolute Gasteiger partial charge is 0.191 e. The van der Waals surface area contributed by atoms with Crippen LogP contribution in [0.1, 0.15) is 46.0 Å². The van der Waals surface area contributed by atoms with E-state index >= 15 is 0 Å². The van der Waals surface area contributed by atoms with E-state index in [9.17, 15) is 0 Å². The Kier molecular flexibility index (Phi) is 20.8. The van der Waals surface area contributed by atoms with Gasteiger partial charge >= 0.3 is 0 Å². The lowest BCUT2D eigenvalue weighted by molar-refractivity contribution is 0.0733. The van der Waals surface area contributed by atoms with Crippen molar-refractivity contribution >= 4 is 29.9 Å². The zero-order valence-corrected chi connectivity index (χ0v) is 17.2. The molecule has 0 rings (SSSR count). The molecule has 0 spiro atoms. The summed E-state index contributed by atoms with van der Waals surface area (Å²) < 4.78 is 10.3. The van der Waals surface area contributed by atoms with Gasteiger partial charge in [-0.3, -0.25) is 4.99 Å². The fraction of sp³-hybridized carbons (Fsp3) is 0.938. The van der Waals surface area contributed by atoms with Gasteiger partial charge in [0.25, 0.3) is 0 Å². The number of methoxy groups -OCH3 is 1. The summed E-state index contributed by atoms with van der Waals surface area (Å²) in [7, 11) is 3.47. The molecular formula is C16H36IN3O2. The van der Waals surface area contributed by atoms with E-state index in [-0.39, 0.29) is 24.0 Å². The summed E-state index contributed by atoms with van der Waals surface area (Å²) in [4.78, 5) is 4.19. The maximum atomic E-state index is 5.39. The highest BCUT2D eigenvalue weighted by Crippen LogP contribution is 2.08. The Morgan fingerprint density at radius 3 is 2.27 bits per heavy atom. The Balaban J connectivity index is 0. The number of nitrogens with zero attached hydrogens (tertiary/aromatic N) is 1. The highest BCUT2D eigenvalue weighted by atomic mass is 127. The molecule has 5 nitrogen and oxygen atoms in total. The van der Waals surface area contributed by atoms with Crippen LogP contribution in [0.15, 0.2) is 4.99 Å². The highest BCUT2D eigenvalue weighted by molar-refractivity contribution is 14.0. The normalized spacial score (nSPS) is 11.4. The first-order chi connectivity index (χ1) is 10.2. The predicted octanol–water partition coefficient (Wildman–Crippen LogP) is 3.04. The Morgan fingerprint density at radius 2 is 1.64 bits per heavy atom. The fourth-order valence-electron chi connectivity index (χ4n) is 1.94. The van der Waals surface area contributed by atoms with E-state index in [4.69, 9.17) is 9.47 Å². The predicted molar refractivity (Wildman–Crippen MR) is 105 cm³/mol. The second-order valence-corrected chi connectivity index (χ2v) is 5.63. The number of nitrogens with one attached hydrogen (secondary N) is 2. The van der Waals surface area contributed by atoms with Crippen LogP contribution in [-0.4, -0.2) is 53.0 Å². The third-order valence-electron chi connectivity index (χ3n) is 3.19. The van der Waals surface area contributed by atoms with Crippen molar-refractivity contribution in [3.05, 3.63) is 0 Å². The van der Waals surface area contributed by atoms with E-state index < -0.39 is 0 Å². The molecule has 0 fully saturated rings. The van der Waals surface area contributed by atoms with Crippen LogP contribution in [0.3, 0.4) is 0 Å². The zero-order chi connectivity index (χ0) is 15.8. The molecule has 22 heavy (non-hydrogen) atoms. The van der Waals surface area contributed by atoms with E-state index in [1.807, 2.05) is 0 Å². The van der Waals surface area contributed by atoms with Crippen molar-refractivity contribution in [3.8, 4) is 0 Å². The van der Waals surface area contributed by atoms with E-state index in [1.165, 1.54) is 32.1 Å². The number of halogens is 1. The van der Waals surface area contributed by atoms with Crippen molar-refractivity contribution in [2.45, 2.75) is 46.0 Å². The number of guanidine groups is 1. The molecule has 0 saturated heterocycles. The van der Waals surface area contributed by atoms with Gasteiger partial charge in [-0.1, -0.05) is 39.5 Å². The molecule has 0 saturated carbocycles. The molecule has 0 heterocycles. The Labute approximate surface area is 154 Å². The molecule has 0 bridgehead atoms. The zero-order valence-electron chi connectivity index (χ0n) is 14.8. The van der Waals surface area contributed by atoms with Crippen LogP contribution < -0.4 is 10.6 Å². The largest absolute Gasteiger partial charge is 0.382 e. The average molecular weight is 429 g/mol. The van der Waals surface area contributed by atoms with Gasteiger partial charge in [0.15, 0.2) is 5.96 Å². The van der Waals surface area contributed by atoms with Gasteiger partial charge in [-0.25, -0.2) is 0 Å². The van der Waals surface area contributed by atoms with Gasteiger partial charge in [-0.15, -0.1) is 24.0 Å². The Morgan fingerprint density at radius 1 is 0.955 bits per heavy atom. The number of hydrogen-bond acceptors (Lipinski definition) is 3. The summed E-state index contributed by atoms with van der Waals surface area (Å²) in [5.41, 5.74) is 0. The molecule has 2 N–H and O–H groups in total. The van der Waals surface area contributed by atoms with Crippen LogP contribution >= 0.6 is 24.0 Å². The Hall–Kier alpha value is -0.0800. The van der Waals surface area contributed by atoms with Gasteiger partial charge in [0.2, 0.25) is 0 Å². The SMILES string of the molecule is CN=C(NCCCCCCC(C)C)NCCOCCOC.I. The first-order valence-electron chi connectivity index (χ1n) is 8.22. The van der Waals surface area contributed by atoms with Crippen molar-refractivity contribution in [3.63, 3.8) is 0 Å². The van der Waals surface area contributed by atoms with Crippen LogP contribution in [0.4, 0.5) is 0 Å². The monoisotopic (exact) mass is 429 g/mol. The van der Waals surface area contributed by atoms with Crippen molar-refractivity contribution in [1.82, 2.24) is 10.6 Å². The molecule has 0 unspecified atom stereocenters. The van der Waals surface area contributed by atoms with Gasteiger partial charge in [-0.2, -0.15) is 0 Å².